The van der Waals surface area contributed by atoms with Gasteiger partial charge >= 0.3 is 0 Å². The molecule has 4 nitrogen and oxygen atoms in total. The standard InChI is InChI=1S/C9H7N3OS/c1-4-11-7-6(13-4)3-2-5-8(7)14-9(10)12-5/h2-3H,1H3,(H2,10,12). The molecule has 3 rings (SSSR count). The molecule has 2 N–H and O–H groups in total. The van der Waals surface area contributed by atoms with Gasteiger partial charge in [-0.05, 0) is 12.1 Å². The number of hydrogen-bond acceptors (Lipinski definition) is 5. The Kier molecular flexibility index (Phi) is 1.36. The predicted octanol–water partition coefficient (Wildman–Crippen LogP) is 2.33. The number of thiazole rings is 1. The minimum Gasteiger partial charge on any atom is -0.441 e. The van der Waals surface area contributed by atoms with E-state index in [1.165, 1.54) is 11.3 Å². The van der Waals surface area contributed by atoms with Gasteiger partial charge in [0.05, 0.1) is 10.2 Å². The fraction of sp³-hybridized carbons (Fsp3) is 0.111. The fourth-order valence-corrected chi connectivity index (χ4v) is 2.32. The van der Waals surface area contributed by atoms with Crippen LogP contribution >= 0.6 is 11.3 Å². The van der Waals surface area contributed by atoms with Gasteiger partial charge in [-0.25, -0.2) is 9.97 Å². The van der Waals surface area contributed by atoms with E-state index in [0.29, 0.717) is 11.0 Å². The molecule has 1 aromatic carbocycles. The minimum absolute atomic E-state index is 0.563. The molecule has 0 amide bonds. The molecule has 0 aliphatic heterocycles. The maximum atomic E-state index is 5.64. The summed E-state index contributed by atoms with van der Waals surface area (Å²) in [4.78, 5) is 8.49. The number of oxazole rings is 1. The van der Waals surface area contributed by atoms with Gasteiger partial charge in [0.1, 0.15) is 5.52 Å². The number of nitrogens with two attached hydrogens (primary N) is 1. The highest BCUT2D eigenvalue weighted by Crippen LogP contribution is 2.31. The first-order valence-corrected chi connectivity index (χ1v) is 4.98. The zero-order valence-corrected chi connectivity index (χ0v) is 8.26. The number of nitrogen functional groups attached to an aromatic ring is 1. The van der Waals surface area contributed by atoms with E-state index in [4.69, 9.17) is 10.2 Å². The van der Waals surface area contributed by atoms with Crippen molar-refractivity contribution in [2.24, 2.45) is 0 Å². The van der Waals surface area contributed by atoms with Crippen LogP contribution in [0, 0.1) is 6.92 Å². The molecule has 0 spiro atoms. The summed E-state index contributed by atoms with van der Waals surface area (Å²) in [6.45, 7) is 1.83. The van der Waals surface area contributed by atoms with Gasteiger partial charge in [-0.2, -0.15) is 0 Å². The second kappa shape index (κ2) is 2.45. The first kappa shape index (κ1) is 7.75. The molecule has 0 saturated heterocycles. The Hall–Kier alpha value is -1.62. The fourth-order valence-electron chi connectivity index (χ4n) is 1.50. The van der Waals surface area contributed by atoms with Gasteiger partial charge in [-0.15, -0.1) is 0 Å². The number of rotatable bonds is 0. The second-order valence-electron chi connectivity index (χ2n) is 3.05. The molecule has 0 fully saturated rings. The molecule has 14 heavy (non-hydrogen) atoms. The number of anilines is 1. The Labute approximate surface area is 83.4 Å². The van der Waals surface area contributed by atoms with E-state index >= 15 is 0 Å². The summed E-state index contributed by atoms with van der Waals surface area (Å²) in [5.41, 5.74) is 8.17. The molecule has 2 heterocycles. The zero-order chi connectivity index (χ0) is 9.71. The minimum atomic E-state index is 0.563. The van der Waals surface area contributed by atoms with Crippen LogP contribution in [0.4, 0.5) is 5.13 Å². The van der Waals surface area contributed by atoms with Crippen LogP contribution in [-0.2, 0) is 0 Å². The Bertz CT molecular complexity index is 570. The van der Waals surface area contributed by atoms with Crippen molar-refractivity contribution >= 4 is 37.8 Å². The van der Waals surface area contributed by atoms with Crippen LogP contribution in [0.3, 0.4) is 0 Å². The molecule has 0 unspecified atom stereocenters. The summed E-state index contributed by atoms with van der Waals surface area (Å²) in [7, 11) is 0. The van der Waals surface area contributed by atoms with Crippen molar-refractivity contribution in [2.75, 3.05) is 5.73 Å². The van der Waals surface area contributed by atoms with Crippen LogP contribution in [-0.4, -0.2) is 9.97 Å². The number of fused-ring (bicyclic) bond motifs is 3. The van der Waals surface area contributed by atoms with Crippen molar-refractivity contribution in [3.8, 4) is 0 Å². The van der Waals surface area contributed by atoms with Gasteiger partial charge in [0, 0.05) is 6.92 Å². The van der Waals surface area contributed by atoms with Gasteiger partial charge < -0.3 is 10.2 Å². The SMILES string of the molecule is Cc1nc2c(ccc3nc(N)sc32)o1. The van der Waals surface area contributed by atoms with Gasteiger partial charge in [-0.1, -0.05) is 11.3 Å². The normalized spacial score (nSPS) is 11.5. The summed E-state index contributed by atoms with van der Waals surface area (Å²) < 4.78 is 6.41. The van der Waals surface area contributed by atoms with Crippen LogP contribution in [0.5, 0.6) is 0 Å². The van der Waals surface area contributed by atoms with Crippen LogP contribution in [0.2, 0.25) is 0 Å². The number of hydrogen-bond donors (Lipinski definition) is 1. The van der Waals surface area contributed by atoms with Gasteiger partial charge in [-0.3, -0.25) is 0 Å². The highest BCUT2D eigenvalue weighted by atomic mass is 32.1. The first-order chi connectivity index (χ1) is 6.74. The Balaban J connectivity index is 2.58. The van der Waals surface area contributed by atoms with Gasteiger partial charge in [0.15, 0.2) is 16.6 Å². The largest absolute Gasteiger partial charge is 0.441 e. The first-order valence-electron chi connectivity index (χ1n) is 4.16. The summed E-state index contributed by atoms with van der Waals surface area (Å²) in [5, 5.41) is 0.563. The van der Waals surface area contributed by atoms with Crippen molar-refractivity contribution in [1.82, 2.24) is 9.97 Å². The van der Waals surface area contributed by atoms with E-state index in [9.17, 15) is 0 Å². The maximum absolute atomic E-state index is 5.64. The van der Waals surface area contributed by atoms with E-state index in [-0.39, 0.29) is 0 Å². The van der Waals surface area contributed by atoms with Gasteiger partial charge in [0.2, 0.25) is 0 Å². The lowest BCUT2D eigenvalue weighted by molar-refractivity contribution is 0.561. The Morgan fingerprint density at radius 1 is 1.36 bits per heavy atom. The van der Waals surface area contributed by atoms with Crippen LogP contribution in [0.15, 0.2) is 16.5 Å². The molecular weight excluding hydrogens is 198 g/mol. The lowest BCUT2D eigenvalue weighted by Crippen LogP contribution is -1.78. The Morgan fingerprint density at radius 3 is 3.07 bits per heavy atom. The molecule has 3 aromatic rings. The average molecular weight is 205 g/mol. The molecule has 0 aliphatic carbocycles. The van der Waals surface area contributed by atoms with E-state index in [2.05, 4.69) is 9.97 Å². The van der Waals surface area contributed by atoms with Crippen LogP contribution < -0.4 is 5.73 Å². The lowest BCUT2D eigenvalue weighted by atomic mass is 10.3. The molecule has 0 bridgehead atoms. The molecule has 0 atom stereocenters. The quantitative estimate of drug-likeness (QED) is 0.611. The average Bonchev–Trinajstić information content (AvgIpc) is 2.65. The van der Waals surface area contributed by atoms with Crippen molar-refractivity contribution in [3.05, 3.63) is 18.0 Å². The highest BCUT2D eigenvalue weighted by molar-refractivity contribution is 7.22. The summed E-state index contributed by atoms with van der Waals surface area (Å²) in [5.74, 6) is 0.666. The molecule has 5 heteroatoms. The maximum Gasteiger partial charge on any atom is 0.192 e. The van der Waals surface area contributed by atoms with Crippen molar-refractivity contribution in [1.29, 1.82) is 0 Å². The van der Waals surface area contributed by atoms with E-state index in [1.807, 2.05) is 19.1 Å². The van der Waals surface area contributed by atoms with E-state index in [0.717, 1.165) is 21.3 Å². The summed E-state index contributed by atoms with van der Waals surface area (Å²) in [6, 6.07) is 3.77. The molecular formula is C9H7N3OS. The van der Waals surface area contributed by atoms with Crippen molar-refractivity contribution in [2.45, 2.75) is 6.92 Å². The zero-order valence-electron chi connectivity index (χ0n) is 7.44. The van der Waals surface area contributed by atoms with Crippen molar-refractivity contribution in [3.63, 3.8) is 0 Å². The highest BCUT2D eigenvalue weighted by Gasteiger charge is 2.09. The molecule has 0 aliphatic rings. The van der Waals surface area contributed by atoms with Crippen LogP contribution in [0.25, 0.3) is 21.3 Å². The topological polar surface area (TPSA) is 64.9 Å². The van der Waals surface area contributed by atoms with E-state index < -0.39 is 0 Å². The molecule has 0 radical (unpaired) electrons. The third-order valence-corrected chi connectivity index (χ3v) is 2.94. The number of benzene rings is 1. The predicted molar refractivity (Wildman–Crippen MR) is 56.3 cm³/mol. The summed E-state index contributed by atoms with van der Waals surface area (Å²) >= 11 is 1.44. The molecule has 2 aromatic heterocycles. The second-order valence-corrected chi connectivity index (χ2v) is 4.08. The monoisotopic (exact) mass is 205 g/mol. The third-order valence-electron chi connectivity index (χ3n) is 2.04. The van der Waals surface area contributed by atoms with Crippen LogP contribution in [0.1, 0.15) is 5.89 Å². The van der Waals surface area contributed by atoms with Crippen molar-refractivity contribution < 1.29 is 4.42 Å². The summed E-state index contributed by atoms with van der Waals surface area (Å²) in [6.07, 6.45) is 0. The number of aromatic nitrogens is 2. The lowest BCUT2D eigenvalue weighted by Gasteiger charge is -1.86. The molecule has 0 saturated carbocycles. The van der Waals surface area contributed by atoms with Gasteiger partial charge in [0.25, 0.3) is 0 Å². The number of nitrogens with zero attached hydrogens (tertiary/aromatic N) is 2. The molecule has 70 valence electrons. The smallest absolute Gasteiger partial charge is 0.192 e. The Morgan fingerprint density at radius 2 is 2.21 bits per heavy atom. The number of aryl methyl sites for hydroxylation is 1. The third kappa shape index (κ3) is 0.927. The van der Waals surface area contributed by atoms with E-state index in [1.54, 1.807) is 0 Å².